The van der Waals surface area contributed by atoms with Crippen LogP contribution in [0.1, 0.15) is 33.6 Å². The molecule has 0 aliphatic heterocycles. The Morgan fingerprint density at radius 1 is 0.607 bits per heavy atom. The Kier molecular flexibility index (Phi) is 7.30. The minimum absolute atomic E-state index is 0.0847. The molecule has 0 fully saturated rings. The molecule has 0 bridgehead atoms. The molecule has 0 atom stereocenters. The number of rotatable bonds is 9. The van der Waals surface area contributed by atoms with Crippen LogP contribution in [-0.2, 0) is 28.6 Å². The first-order chi connectivity index (χ1) is 13.2. The van der Waals surface area contributed by atoms with E-state index >= 15 is 0 Å². The van der Waals surface area contributed by atoms with Crippen LogP contribution in [0.25, 0.3) is 0 Å². The molecule has 0 heterocycles. The molecule has 0 radical (unpaired) electrons. The Bertz CT molecular complexity index is 928. The topological polar surface area (TPSA) is 121 Å². The molecule has 0 saturated heterocycles. The fourth-order valence-corrected chi connectivity index (χ4v) is 4.05. The molecule has 2 aromatic carbocycles. The SMILES string of the molecule is O=C(OS(=O)(=O)CCCCS(=O)(=O)OC(=O)c1ccccc1)c1ccccc1. The van der Waals surface area contributed by atoms with Gasteiger partial charge in [0.15, 0.2) is 0 Å². The quantitative estimate of drug-likeness (QED) is 0.442. The van der Waals surface area contributed by atoms with Crippen molar-refractivity contribution in [1.82, 2.24) is 0 Å². The first kappa shape index (κ1) is 21.6. The Morgan fingerprint density at radius 2 is 0.929 bits per heavy atom. The molecular weight excluding hydrogens is 408 g/mol. The summed E-state index contributed by atoms with van der Waals surface area (Å²) in [7, 11) is -8.33. The van der Waals surface area contributed by atoms with Gasteiger partial charge in [-0.1, -0.05) is 36.4 Å². The third-order valence-corrected chi connectivity index (χ3v) is 5.85. The minimum Gasteiger partial charge on any atom is -0.341 e. The molecule has 28 heavy (non-hydrogen) atoms. The van der Waals surface area contributed by atoms with Gasteiger partial charge in [-0.05, 0) is 37.1 Å². The van der Waals surface area contributed by atoms with E-state index < -0.39 is 43.7 Å². The number of benzene rings is 2. The van der Waals surface area contributed by atoms with E-state index in [1.807, 2.05) is 0 Å². The summed E-state index contributed by atoms with van der Waals surface area (Å²) in [5.41, 5.74) is 0.169. The lowest BCUT2D eigenvalue weighted by Gasteiger charge is -2.07. The highest BCUT2D eigenvalue weighted by atomic mass is 32.2. The van der Waals surface area contributed by atoms with Crippen LogP contribution in [0.15, 0.2) is 60.7 Å². The normalized spacial score (nSPS) is 11.6. The van der Waals surface area contributed by atoms with E-state index in [4.69, 9.17) is 0 Å². The number of carbonyl (C=O) groups is 2. The summed E-state index contributed by atoms with van der Waals surface area (Å²) in [5, 5.41) is 0. The smallest absolute Gasteiger partial charge is 0.341 e. The standard InChI is InChI=1S/C18H18O8S2/c19-17(15-9-3-1-4-10-15)25-27(21,22)13-7-8-14-28(23,24)26-18(20)16-11-5-2-6-12-16/h1-6,9-12H,7-8,13-14H2. The van der Waals surface area contributed by atoms with Crippen LogP contribution in [-0.4, -0.2) is 40.3 Å². The summed E-state index contributed by atoms with van der Waals surface area (Å²) in [4.78, 5) is 23.5. The molecule has 0 aromatic heterocycles. The lowest BCUT2D eigenvalue weighted by molar-refractivity contribution is 0.0734. The molecule has 0 amide bonds. The van der Waals surface area contributed by atoms with E-state index in [1.165, 1.54) is 24.3 Å². The molecule has 10 heteroatoms. The van der Waals surface area contributed by atoms with E-state index in [9.17, 15) is 26.4 Å². The molecule has 0 saturated carbocycles. The first-order valence-electron chi connectivity index (χ1n) is 8.22. The van der Waals surface area contributed by atoms with Crippen molar-refractivity contribution in [3.63, 3.8) is 0 Å². The number of hydrogen-bond donors (Lipinski definition) is 0. The van der Waals surface area contributed by atoms with Gasteiger partial charge >= 0.3 is 32.2 Å². The zero-order valence-corrected chi connectivity index (χ0v) is 16.3. The van der Waals surface area contributed by atoms with Gasteiger partial charge in [-0.25, -0.2) is 9.59 Å². The van der Waals surface area contributed by atoms with Gasteiger partial charge < -0.3 is 8.37 Å². The van der Waals surface area contributed by atoms with Crippen LogP contribution in [0.4, 0.5) is 0 Å². The highest BCUT2D eigenvalue weighted by Gasteiger charge is 2.21. The lowest BCUT2D eigenvalue weighted by atomic mass is 10.2. The zero-order valence-electron chi connectivity index (χ0n) is 14.7. The van der Waals surface area contributed by atoms with Gasteiger partial charge in [0.2, 0.25) is 0 Å². The zero-order chi connectivity index (χ0) is 20.6. The van der Waals surface area contributed by atoms with Gasteiger partial charge in [0.05, 0.1) is 22.6 Å². The number of unbranched alkanes of at least 4 members (excludes halogenated alkanes) is 1. The second-order valence-electron chi connectivity index (χ2n) is 5.70. The molecule has 0 N–H and O–H groups in total. The summed E-state index contributed by atoms with van der Waals surface area (Å²) < 4.78 is 56.2. The van der Waals surface area contributed by atoms with Gasteiger partial charge in [-0.2, -0.15) is 16.8 Å². The maximum absolute atomic E-state index is 11.8. The van der Waals surface area contributed by atoms with Gasteiger partial charge in [0.25, 0.3) is 0 Å². The van der Waals surface area contributed by atoms with Gasteiger partial charge in [0.1, 0.15) is 0 Å². The van der Waals surface area contributed by atoms with E-state index in [-0.39, 0.29) is 24.0 Å². The Balaban J connectivity index is 1.79. The Morgan fingerprint density at radius 3 is 1.25 bits per heavy atom. The molecule has 2 aromatic rings. The fourth-order valence-electron chi connectivity index (χ4n) is 2.12. The summed E-state index contributed by atoms with van der Waals surface area (Å²) in [5.74, 6) is -3.11. The Hall–Kier alpha value is -2.72. The fraction of sp³-hybridized carbons (Fsp3) is 0.222. The van der Waals surface area contributed by atoms with Crippen molar-refractivity contribution in [1.29, 1.82) is 0 Å². The predicted molar refractivity (Wildman–Crippen MR) is 101 cm³/mol. The van der Waals surface area contributed by atoms with E-state index in [0.717, 1.165) is 0 Å². The van der Waals surface area contributed by atoms with Crippen LogP contribution in [0.5, 0.6) is 0 Å². The molecule has 0 aliphatic rings. The van der Waals surface area contributed by atoms with Crippen molar-refractivity contribution >= 4 is 32.2 Å². The largest absolute Gasteiger partial charge is 0.353 e. The third kappa shape index (κ3) is 7.12. The van der Waals surface area contributed by atoms with Crippen LogP contribution >= 0.6 is 0 Å². The van der Waals surface area contributed by atoms with Crippen LogP contribution in [0, 0.1) is 0 Å². The van der Waals surface area contributed by atoms with E-state index in [0.29, 0.717) is 0 Å². The van der Waals surface area contributed by atoms with Crippen LogP contribution in [0.3, 0.4) is 0 Å². The summed E-state index contributed by atoms with van der Waals surface area (Å²) in [6, 6.07) is 15.2. The van der Waals surface area contributed by atoms with Crippen molar-refractivity contribution in [2.75, 3.05) is 11.5 Å². The van der Waals surface area contributed by atoms with Crippen molar-refractivity contribution in [2.24, 2.45) is 0 Å². The average Bonchev–Trinajstić information content (AvgIpc) is 2.66. The highest BCUT2D eigenvalue weighted by molar-refractivity contribution is 7.87. The molecule has 2 rings (SSSR count). The second kappa shape index (κ2) is 9.47. The average molecular weight is 426 g/mol. The summed E-state index contributed by atoms with van der Waals surface area (Å²) in [6.45, 7) is 0. The lowest BCUT2D eigenvalue weighted by Crippen LogP contribution is -2.19. The predicted octanol–water partition coefficient (Wildman–Crippen LogP) is 2.14. The summed E-state index contributed by atoms with van der Waals surface area (Å²) >= 11 is 0. The van der Waals surface area contributed by atoms with Crippen molar-refractivity contribution in [3.8, 4) is 0 Å². The van der Waals surface area contributed by atoms with Gasteiger partial charge in [0, 0.05) is 0 Å². The number of hydrogen-bond acceptors (Lipinski definition) is 8. The number of carbonyl (C=O) groups excluding carboxylic acids is 2. The molecule has 0 spiro atoms. The Labute approximate surface area is 163 Å². The molecular formula is C18H18O8S2. The molecule has 0 unspecified atom stereocenters. The van der Waals surface area contributed by atoms with Crippen LogP contribution in [0.2, 0.25) is 0 Å². The summed E-state index contributed by atoms with van der Waals surface area (Å²) in [6.07, 6.45) is -0.182. The molecule has 8 nitrogen and oxygen atoms in total. The van der Waals surface area contributed by atoms with Crippen molar-refractivity contribution < 1.29 is 34.8 Å². The third-order valence-electron chi connectivity index (χ3n) is 3.46. The van der Waals surface area contributed by atoms with Gasteiger partial charge in [-0.15, -0.1) is 0 Å². The van der Waals surface area contributed by atoms with Gasteiger partial charge in [-0.3, -0.25) is 0 Å². The van der Waals surface area contributed by atoms with Crippen molar-refractivity contribution in [2.45, 2.75) is 12.8 Å². The second-order valence-corrected chi connectivity index (χ2v) is 9.08. The highest BCUT2D eigenvalue weighted by Crippen LogP contribution is 2.09. The monoisotopic (exact) mass is 426 g/mol. The van der Waals surface area contributed by atoms with Crippen LogP contribution < -0.4 is 0 Å². The maximum atomic E-state index is 11.8. The first-order valence-corrected chi connectivity index (χ1v) is 11.4. The van der Waals surface area contributed by atoms with E-state index in [2.05, 4.69) is 8.37 Å². The molecule has 150 valence electrons. The van der Waals surface area contributed by atoms with E-state index in [1.54, 1.807) is 36.4 Å². The molecule has 0 aliphatic carbocycles. The maximum Gasteiger partial charge on any atom is 0.353 e. The minimum atomic E-state index is -4.16. The van der Waals surface area contributed by atoms with Crippen molar-refractivity contribution in [3.05, 3.63) is 71.8 Å².